The predicted octanol–water partition coefficient (Wildman–Crippen LogP) is 2.39. The summed E-state index contributed by atoms with van der Waals surface area (Å²) in [6.07, 6.45) is 3.64. The molecular formula is C15H16N2O2. The van der Waals surface area contributed by atoms with Gasteiger partial charge in [0.05, 0.1) is 17.6 Å². The third-order valence-electron chi connectivity index (χ3n) is 4.38. The number of rotatable bonds is 2. The van der Waals surface area contributed by atoms with Crippen molar-refractivity contribution in [3.8, 4) is 6.07 Å². The SMILES string of the molecule is N#Cc1ccc(N2C3CCC2CC(C(=O)O)C3)cc1. The zero-order valence-electron chi connectivity index (χ0n) is 10.6. The Morgan fingerprint density at radius 2 is 1.79 bits per heavy atom. The Kier molecular flexibility index (Phi) is 2.90. The van der Waals surface area contributed by atoms with Crippen LogP contribution in [0.3, 0.4) is 0 Å². The highest BCUT2D eigenvalue weighted by atomic mass is 16.4. The van der Waals surface area contributed by atoms with E-state index in [1.807, 2.05) is 24.3 Å². The number of fused-ring (bicyclic) bond motifs is 2. The smallest absolute Gasteiger partial charge is 0.306 e. The van der Waals surface area contributed by atoms with Crippen molar-refractivity contribution in [2.75, 3.05) is 4.90 Å². The average molecular weight is 256 g/mol. The third-order valence-corrected chi connectivity index (χ3v) is 4.38. The van der Waals surface area contributed by atoms with Gasteiger partial charge in [-0.3, -0.25) is 4.79 Å². The summed E-state index contributed by atoms with van der Waals surface area (Å²) in [6, 6.07) is 10.4. The Labute approximate surface area is 112 Å². The summed E-state index contributed by atoms with van der Waals surface area (Å²) in [5.74, 6) is -0.844. The van der Waals surface area contributed by atoms with Crippen LogP contribution in [0.15, 0.2) is 24.3 Å². The highest BCUT2D eigenvalue weighted by molar-refractivity contribution is 5.71. The van der Waals surface area contributed by atoms with E-state index in [1.54, 1.807) is 0 Å². The second-order valence-corrected chi connectivity index (χ2v) is 5.46. The average Bonchev–Trinajstić information content (AvgIpc) is 2.68. The summed E-state index contributed by atoms with van der Waals surface area (Å²) >= 11 is 0. The molecule has 4 nitrogen and oxygen atoms in total. The maximum atomic E-state index is 11.1. The van der Waals surface area contributed by atoms with Gasteiger partial charge in [0.1, 0.15) is 0 Å². The molecule has 98 valence electrons. The van der Waals surface area contributed by atoms with Gasteiger partial charge in [0, 0.05) is 17.8 Å². The highest BCUT2D eigenvalue weighted by Crippen LogP contribution is 2.41. The van der Waals surface area contributed by atoms with Gasteiger partial charge in [-0.1, -0.05) is 0 Å². The van der Waals surface area contributed by atoms with Gasteiger partial charge in [0.2, 0.25) is 0 Å². The highest BCUT2D eigenvalue weighted by Gasteiger charge is 2.42. The number of benzene rings is 1. The van der Waals surface area contributed by atoms with E-state index >= 15 is 0 Å². The third kappa shape index (κ3) is 2.06. The molecule has 2 aliphatic rings. The van der Waals surface area contributed by atoms with Crippen LogP contribution in [0.4, 0.5) is 5.69 Å². The van der Waals surface area contributed by atoms with Crippen LogP contribution in [-0.4, -0.2) is 23.2 Å². The molecule has 1 aromatic carbocycles. The lowest BCUT2D eigenvalue weighted by molar-refractivity contribution is -0.142. The zero-order chi connectivity index (χ0) is 13.4. The van der Waals surface area contributed by atoms with Crippen molar-refractivity contribution in [3.63, 3.8) is 0 Å². The van der Waals surface area contributed by atoms with E-state index < -0.39 is 5.97 Å². The van der Waals surface area contributed by atoms with Crippen LogP contribution in [-0.2, 0) is 4.79 Å². The number of nitrogens with zero attached hydrogens (tertiary/aromatic N) is 2. The van der Waals surface area contributed by atoms with Crippen molar-refractivity contribution < 1.29 is 9.90 Å². The van der Waals surface area contributed by atoms with Gasteiger partial charge >= 0.3 is 5.97 Å². The topological polar surface area (TPSA) is 64.3 Å². The summed E-state index contributed by atoms with van der Waals surface area (Å²) in [7, 11) is 0. The molecule has 3 rings (SSSR count). The Morgan fingerprint density at radius 1 is 1.21 bits per heavy atom. The molecule has 2 aliphatic heterocycles. The summed E-state index contributed by atoms with van der Waals surface area (Å²) in [4.78, 5) is 13.5. The number of aliphatic carboxylic acids is 1. The molecule has 0 aliphatic carbocycles. The first-order chi connectivity index (χ1) is 9.19. The van der Waals surface area contributed by atoms with Crippen LogP contribution >= 0.6 is 0 Å². The van der Waals surface area contributed by atoms with Crippen molar-refractivity contribution in [3.05, 3.63) is 29.8 Å². The summed E-state index contributed by atoms with van der Waals surface area (Å²) in [5.41, 5.74) is 1.78. The summed E-state index contributed by atoms with van der Waals surface area (Å²) < 4.78 is 0. The fraction of sp³-hybridized carbons (Fsp3) is 0.467. The van der Waals surface area contributed by atoms with Gasteiger partial charge < -0.3 is 10.0 Å². The van der Waals surface area contributed by atoms with Crippen molar-refractivity contribution in [1.29, 1.82) is 5.26 Å². The largest absolute Gasteiger partial charge is 0.481 e. The number of hydrogen-bond acceptors (Lipinski definition) is 3. The lowest BCUT2D eigenvalue weighted by Crippen LogP contribution is -2.44. The molecule has 0 saturated carbocycles. The van der Waals surface area contributed by atoms with E-state index in [0.29, 0.717) is 17.6 Å². The molecule has 2 bridgehead atoms. The first kappa shape index (κ1) is 12.0. The molecule has 2 saturated heterocycles. The van der Waals surface area contributed by atoms with Crippen LogP contribution < -0.4 is 4.90 Å². The van der Waals surface area contributed by atoms with E-state index in [4.69, 9.17) is 5.26 Å². The number of anilines is 1. The molecule has 2 heterocycles. The van der Waals surface area contributed by atoms with E-state index in [-0.39, 0.29) is 5.92 Å². The summed E-state index contributed by atoms with van der Waals surface area (Å²) in [5, 5.41) is 18.0. The second-order valence-electron chi connectivity index (χ2n) is 5.46. The van der Waals surface area contributed by atoms with Crippen molar-refractivity contribution in [1.82, 2.24) is 0 Å². The van der Waals surface area contributed by atoms with Gasteiger partial charge in [-0.25, -0.2) is 0 Å². The van der Waals surface area contributed by atoms with Gasteiger partial charge in [-0.2, -0.15) is 5.26 Å². The van der Waals surface area contributed by atoms with Crippen molar-refractivity contribution in [2.24, 2.45) is 5.92 Å². The predicted molar refractivity (Wildman–Crippen MR) is 70.8 cm³/mol. The number of piperidine rings is 1. The standard InChI is InChI=1S/C15H16N2O2/c16-9-10-1-3-12(4-2-10)17-13-5-6-14(17)8-11(7-13)15(18)19/h1-4,11,13-14H,5-8H2,(H,18,19). The number of carboxylic acids is 1. The lowest BCUT2D eigenvalue weighted by atomic mass is 9.90. The van der Waals surface area contributed by atoms with Crippen LogP contribution in [0.2, 0.25) is 0 Å². The molecule has 19 heavy (non-hydrogen) atoms. The lowest BCUT2D eigenvalue weighted by Gasteiger charge is -2.39. The van der Waals surface area contributed by atoms with E-state index in [9.17, 15) is 9.90 Å². The normalized spacial score (nSPS) is 29.0. The van der Waals surface area contributed by atoms with Gasteiger partial charge in [-0.15, -0.1) is 0 Å². The molecule has 0 radical (unpaired) electrons. The molecule has 2 fully saturated rings. The van der Waals surface area contributed by atoms with Crippen LogP contribution in [0.5, 0.6) is 0 Å². The Morgan fingerprint density at radius 3 is 2.26 bits per heavy atom. The maximum absolute atomic E-state index is 11.1. The number of carboxylic acid groups (broad SMARTS) is 1. The maximum Gasteiger partial charge on any atom is 0.306 e. The van der Waals surface area contributed by atoms with E-state index in [1.165, 1.54) is 0 Å². The fourth-order valence-corrected chi connectivity index (χ4v) is 3.51. The Balaban J connectivity index is 1.83. The minimum absolute atomic E-state index is 0.188. The molecular weight excluding hydrogens is 240 g/mol. The molecule has 4 heteroatoms. The van der Waals surface area contributed by atoms with Crippen LogP contribution in [0.25, 0.3) is 0 Å². The van der Waals surface area contributed by atoms with E-state index in [2.05, 4.69) is 11.0 Å². The molecule has 1 aromatic rings. The van der Waals surface area contributed by atoms with Crippen molar-refractivity contribution in [2.45, 2.75) is 37.8 Å². The van der Waals surface area contributed by atoms with Crippen molar-refractivity contribution >= 4 is 11.7 Å². The van der Waals surface area contributed by atoms with E-state index in [0.717, 1.165) is 31.4 Å². The fourth-order valence-electron chi connectivity index (χ4n) is 3.51. The quantitative estimate of drug-likeness (QED) is 0.882. The molecule has 0 amide bonds. The number of nitriles is 1. The van der Waals surface area contributed by atoms with Gasteiger partial charge in [-0.05, 0) is 49.9 Å². The minimum Gasteiger partial charge on any atom is -0.481 e. The zero-order valence-corrected chi connectivity index (χ0v) is 10.6. The monoisotopic (exact) mass is 256 g/mol. The molecule has 0 aromatic heterocycles. The van der Waals surface area contributed by atoms with Gasteiger partial charge in [0.25, 0.3) is 0 Å². The van der Waals surface area contributed by atoms with Crippen LogP contribution in [0.1, 0.15) is 31.2 Å². The first-order valence-corrected chi connectivity index (χ1v) is 6.70. The number of hydrogen-bond donors (Lipinski definition) is 1. The summed E-state index contributed by atoms with van der Waals surface area (Å²) in [6.45, 7) is 0. The Bertz CT molecular complexity index is 518. The molecule has 2 atom stereocenters. The molecule has 2 unspecified atom stereocenters. The first-order valence-electron chi connectivity index (χ1n) is 6.70. The Hall–Kier alpha value is -2.02. The second kappa shape index (κ2) is 4.58. The molecule has 0 spiro atoms. The van der Waals surface area contributed by atoms with Crippen LogP contribution in [0, 0.1) is 17.2 Å². The number of carbonyl (C=O) groups is 1. The van der Waals surface area contributed by atoms with Gasteiger partial charge in [0.15, 0.2) is 0 Å². The minimum atomic E-state index is -0.656. The molecule has 1 N–H and O–H groups in total.